The summed E-state index contributed by atoms with van der Waals surface area (Å²) >= 11 is 1.53. The fraction of sp³-hybridized carbons (Fsp3) is 0.200. The Hall–Kier alpha value is -3.53. The van der Waals surface area contributed by atoms with Crippen molar-refractivity contribution < 1.29 is 27.1 Å². The highest BCUT2D eigenvalue weighted by Crippen LogP contribution is 2.30. The molecule has 1 N–H and O–H groups in total. The van der Waals surface area contributed by atoms with E-state index in [4.69, 9.17) is 4.74 Å². The van der Waals surface area contributed by atoms with E-state index in [-0.39, 0.29) is 5.82 Å². The number of halogens is 4. The lowest BCUT2D eigenvalue weighted by molar-refractivity contribution is -0.174. The molecule has 0 bridgehead atoms. The van der Waals surface area contributed by atoms with E-state index in [0.29, 0.717) is 17.0 Å². The standard InChI is InChI=1S/C25H21F4N3O2S/c1-15(31-24(33)25(27,28)29)23(16-3-10-21(35-2)11-4-16)34-20-9-12-22-17(13-20)14-30-32(22)19-7-5-18(26)6-8-19/h3-15,23H,1-2H3,(H,31,33)/t15-,23-/m0/s1. The molecule has 0 aliphatic carbocycles. The third kappa shape index (κ3) is 5.59. The van der Waals surface area contributed by atoms with Crippen molar-refractivity contribution in [3.63, 3.8) is 0 Å². The van der Waals surface area contributed by atoms with E-state index < -0.39 is 24.2 Å². The van der Waals surface area contributed by atoms with Gasteiger partial charge in [0, 0.05) is 10.3 Å². The number of ether oxygens (including phenoxy) is 1. The van der Waals surface area contributed by atoms with Crippen LogP contribution >= 0.6 is 11.8 Å². The van der Waals surface area contributed by atoms with Crippen LogP contribution in [0, 0.1) is 5.82 Å². The quantitative estimate of drug-likeness (QED) is 0.246. The van der Waals surface area contributed by atoms with Crippen molar-refractivity contribution in [2.45, 2.75) is 30.1 Å². The van der Waals surface area contributed by atoms with E-state index in [2.05, 4.69) is 5.10 Å². The van der Waals surface area contributed by atoms with Crippen LogP contribution in [0.15, 0.2) is 77.8 Å². The molecule has 0 saturated heterocycles. The summed E-state index contributed by atoms with van der Waals surface area (Å²) in [4.78, 5) is 12.5. The Balaban J connectivity index is 1.64. The zero-order chi connectivity index (χ0) is 25.2. The van der Waals surface area contributed by atoms with Gasteiger partial charge in [-0.1, -0.05) is 12.1 Å². The van der Waals surface area contributed by atoms with Gasteiger partial charge in [-0.2, -0.15) is 18.3 Å². The van der Waals surface area contributed by atoms with Crippen molar-refractivity contribution in [3.8, 4) is 11.4 Å². The molecular weight excluding hydrogens is 482 g/mol. The first-order valence-electron chi connectivity index (χ1n) is 10.6. The highest BCUT2D eigenvalue weighted by atomic mass is 32.2. The average molecular weight is 504 g/mol. The molecule has 0 aliphatic heterocycles. The third-order valence-corrected chi connectivity index (χ3v) is 6.13. The maximum atomic E-state index is 13.3. The first-order chi connectivity index (χ1) is 16.7. The second-order valence-electron chi connectivity index (χ2n) is 7.82. The molecular formula is C25H21F4N3O2S. The zero-order valence-electron chi connectivity index (χ0n) is 18.7. The molecule has 1 amide bonds. The second-order valence-corrected chi connectivity index (χ2v) is 8.70. The smallest absolute Gasteiger partial charge is 0.471 e. The Bertz CT molecular complexity index is 1320. The Kier molecular flexibility index (Phi) is 7.02. The molecule has 0 unspecified atom stereocenters. The Labute approximate surface area is 203 Å². The van der Waals surface area contributed by atoms with Crippen molar-refractivity contribution in [2.24, 2.45) is 0 Å². The molecule has 4 aromatic rings. The maximum Gasteiger partial charge on any atom is 0.471 e. The van der Waals surface area contributed by atoms with E-state index in [1.807, 2.05) is 23.7 Å². The minimum atomic E-state index is -5.00. The number of hydrogen-bond acceptors (Lipinski definition) is 4. The Morgan fingerprint density at radius 2 is 1.74 bits per heavy atom. The van der Waals surface area contributed by atoms with Crippen LogP contribution in [0.4, 0.5) is 17.6 Å². The summed E-state index contributed by atoms with van der Waals surface area (Å²) in [6, 6.07) is 17.2. The van der Waals surface area contributed by atoms with Gasteiger partial charge in [0.2, 0.25) is 0 Å². The molecule has 0 aliphatic rings. The number of alkyl halides is 3. The molecule has 1 aromatic heterocycles. The SMILES string of the molecule is CSc1ccc([C@@H](Oc2ccc3c(cnn3-c3ccc(F)cc3)c2)[C@H](C)NC(=O)C(F)(F)F)cc1. The van der Waals surface area contributed by atoms with Crippen LogP contribution in [0.2, 0.25) is 0 Å². The summed E-state index contributed by atoms with van der Waals surface area (Å²) in [5.41, 5.74) is 2.02. The largest absolute Gasteiger partial charge is 0.484 e. The van der Waals surface area contributed by atoms with Gasteiger partial charge >= 0.3 is 12.1 Å². The van der Waals surface area contributed by atoms with E-state index in [0.717, 1.165) is 15.8 Å². The van der Waals surface area contributed by atoms with Crippen LogP contribution in [0.5, 0.6) is 5.75 Å². The molecule has 0 radical (unpaired) electrons. The fourth-order valence-electron chi connectivity index (χ4n) is 3.64. The molecule has 5 nitrogen and oxygen atoms in total. The van der Waals surface area contributed by atoms with Gasteiger partial charge in [0.25, 0.3) is 0 Å². The zero-order valence-corrected chi connectivity index (χ0v) is 19.5. The molecule has 10 heteroatoms. The summed E-state index contributed by atoms with van der Waals surface area (Å²) in [6.07, 6.45) is -2.36. The molecule has 3 aromatic carbocycles. The van der Waals surface area contributed by atoms with E-state index >= 15 is 0 Å². The number of nitrogens with zero attached hydrogens (tertiary/aromatic N) is 2. The van der Waals surface area contributed by atoms with Crippen LogP contribution in [0.3, 0.4) is 0 Å². The summed E-state index contributed by atoms with van der Waals surface area (Å²) in [5.74, 6) is -2.00. The van der Waals surface area contributed by atoms with Gasteiger partial charge in [0.05, 0.1) is 23.4 Å². The molecule has 1 heterocycles. The highest BCUT2D eigenvalue weighted by molar-refractivity contribution is 7.98. The van der Waals surface area contributed by atoms with E-state index in [1.165, 1.54) is 30.8 Å². The summed E-state index contributed by atoms with van der Waals surface area (Å²) < 4.78 is 59.6. The van der Waals surface area contributed by atoms with Crippen LogP contribution < -0.4 is 10.1 Å². The molecule has 0 fully saturated rings. The van der Waals surface area contributed by atoms with Crippen LogP contribution in [-0.4, -0.2) is 34.2 Å². The maximum absolute atomic E-state index is 13.3. The lowest BCUT2D eigenvalue weighted by Crippen LogP contribution is -2.45. The average Bonchev–Trinajstić information content (AvgIpc) is 3.25. The summed E-state index contributed by atoms with van der Waals surface area (Å²) in [6.45, 7) is 1.46. The number of nitrogens with one attached hydrogen (secondary N) is 1. The van der Waals surface area contributed by atoms with Crippen molar-refractivity contribution in [1.82, 2.24) is 15.1 Å². The van der Waals surface area contributed by atoms with Gasteiger partial charge in [-0.15, -0.1) is 11.8 Å². The lowest BCUT2D eigenvalue weighted by Gasteiger charge is -2.27. The highest BCUT2D eigenvalue weighted by Gasteiger charge is 2.40. The summed E-state index contributed by atoms with van der Waals surface area (Å²) in [5, 5.41) is 7.06. The number of hydrogen-bond donors (Lipinski definition) is 1. The number of rotatable bonds is 7. The van der Waals surface area contributed by atoms with Crippen molar-refractivity contribution >= 4 is 28.6 Å². The number of carbonyl (C=O) groups excluding carboxylic acids is 1. The number of amides is 1. The van der Waals surface area contributed by atoms with Crippen molar-refractivity contribution in [1.29, 1.82) is 0 Å². The lowest BCUT2D eigenvalue weighted by atomic mass is 10.0. The topological polar surface area (TPSA) is 56.1 Å². The van der Waals surface area contributed by atoms with Gasteiger partial charge in [-0.25, -0.2) is 9.07 Å². The predicted octanol–water partition coefficient (Wildman–Crippen LogP) is 6.07. The molecule has 2 atom stereocenters. The van der Waals surface area contributed by atoms with Gasteiger partial charge in [0.15, 0.2) is 0 Å². The van der Waals surface area contributed by atoms with Crippen LogP contribution in [-0.2, 0) is 4.79 Å². The predicted molar refractivity (Wildman–Crippen MR) is 126 cm³/mol. The minimum Gasteiger partial charge on any atom is -0.484 e. The molecule has 35 heavy (non-hydrogen) atoms. The monoisotopic (exact) mass is 503 g/mol. The fourth-order valence-corrected chi connectivity index (χ4v) is 4.04. The first-order valence-corrected chi connectivity index (χ1v) is 11.8. The van der Waals surface area contributed by atoms with Gasteiger partial charge < -0.3 is 10.1 Å². The van der Waals surface area contributed by atoms with E-state index in [9.17, 15) is 22.4 Å². The van der Waals surface area contributed by atoms with Crippen molar-refractivity contribution in [2.75, 3.05) is 6.26 Å². The molecule has 4 rings (SSSR count). The number of aromatic nitrogens is 2. The van der Waals surface area contributed by atoms with Gasteiger partial charge in [-0.05, 0) is 73.3 Å². The third-order valence-electron chi connectivity index (χ3n) is 5.39. The minimum absolute atomic E-state index is 0.357. The second kappa shape index (κ2) is 9.99. The van der Waals surface area contributed by atoms with Gasteiger partial charge in [-0.3, -0.25) is 4.79 Å². The first kappa shape index (κ1) is 24.6. The normalized spacial score (nSPS) is 13.4. The summed E-state index contributed by atoms with van der Waals surface area (Å²) in [7, 11) is 0. The number of thioether (sulfide) groups is 1. The van der Waals surface area contributed by atoms with E-state index in [1.54, 1.807) is 53.3 Å². The van der Waals surface area contributed by atoms with Crippen LogP contribution in [0.1, 0.15) is 18.6 Å². The van der Waals surface area contributed by atoms with Gasteiger partial charge in [0.1, 0.15) is 17.7 Å². The Morgan fingerprint density at radius 3 is 2.37 bits per heavy atom. The van der Waals surface area contributed by atoms with Crippen molar-refractivity contribution in [3.05, 3.63) is 84.3 Å². The van der Waals surface area contributed by atoms with Crippen LogP contribution in [0.25, 0.3) is 16.6 Å². The molecule has 0 saturated carbocycles. The Morgan fingerprint density at radius 1 is 1.06 bits per heavy atom. The molecule has 0 spiro atoms. The molecule has 182 valence electrons. The number of fused-ring (bicyclic) bond motifs is 1. The number of benzene rings is 3. The number of carbonyl (C=O) groups is 1.